The van der Waals surface area contributed by atoms with Gasteiger partial charge in [-0.05, 0) is 32.6 Å². The number of amides is 1. The lowest BCUT2D eigenvalue weighted by molar-refractivity contribution is 0.0517. The molecule has 1 amide bonds. The molecule has 2 unspecified atom stereocenters. The number of hydrogen-bond donors (Lipinski definition) is 1. The van der Waals surface area contributed by atoms with Crippen molar-refractivity contribution in [2.45, 2.75) is 44.8 Å². The molecule has 1 saturated heterocycles. The third kappa shape index (κ3) is 2.76. The predicted molar refractivity (Wildman–Crippen MR) is 78.0 cm³/mol. The van der Waals surface area contributed by atoms with Crippen LogP contribution in [0.3, 0.4) is 0 Å². The van der Waals surface area contributed by atoms with Gasteiger partial charge in [0.2, 0.25) is 0 Å². The zero-order chi connectivity index (χ0) is 14.8. The van der Waals surface area contributed by atoms with Gasteiger partial charge in [0.15, 0.2) is 0 Å². The van der Waals surface area contributed by atoms with E-state index >= 15 is 0 Å². The van der Waals surface area contributed by atoms with Crippen molar-refractivity contribution in [2.24, 2.45) is 0 Å². The average molecular weight is 288 g/mol. The van der Waals surface area contributed by atoms with E-state index in [-0.39, 0.29) is 11.9 Å². The molecule has 0 bridgehead atoms. The van der Waals surface area contributed by atoms with Crippen LogP contribution in [0.4, 0.5) is 0 Å². The van der Waals surface area contributed by atoms with E-state index in [2.05, 4.69) is 10.1 Å². The van der Waals surface area contributed by atoms with Crippen LogP contribution < -0.4 is 0 Å². The van der Waals surface area contributed by atoms with E-state index in [1.165, 1.54) is 0 Å². The molecule has 112 valence electrons. The zero-order valence-corrected chi connectivity index (χ0v) is 12.1. The molecule has 1 N–H and O–H groups in total. The second-order valence-corrected chi connectivity index (χ2v) is 5.70. The van der Waals surface area contributed by atoms with Crippen molar-refractivity contribution in [3.05, 3.63) is 30.4 Å². The molecule has 0 aromatic carbocycles. The summed E-state index contributed by atoms with van der Waals surface area (Å²) in [6, 6.07) is 0.109. The lowest BCUT2D eigenvalue weighted by Crippen LogP contribution is -2.45. The molecular weight excluding hydrogens is 268 g/mol. The molecule has 2 aromatic rings. The molecule has 3 rings (SSSR count). The smallest absolute Gasteiger partial charge is 0.258 e. The van der Waals surface area contributed by atoms with E-state index in [9.17, 15) is 9.90 Å². The molecule has 6 nitrogen and oxygen atoms in total. The number of hydrogen-bond acceptors (Lipinski definition) is 4. The number of rotatable bonds is 3. The Morgan fingerprint density at radius 2 is 2.33 bits per heavy atom. The monoisotopic (exact) mass is 288 g/mol. The Kier molecular flexibility index (Phi) is 3.88. The fourth-order valence-electron chi connectivity index (χ4n) is 3.06. The number of aromatic nitrogens is 3. The molecule has 0 saturated carbocycles. The van der Waals surface area contributed by atoms with Gasteiger partial charge in [-0.15, -0.1) is 0 Å². The van der Waals surface area contributed by atoms with Gasteiger partial charge >= 0.3 is 0 Å². The standard InChI is InChI=1S/C15H20N4O2/c1-11(20)8-12-4-2-3-6-18(12)15(21)13-9-17-19-7-5-16-10-14(13)19/h5,7,9-12,20H,2-4,6,8H2,1H3. The van der Waals surface area contributed by atoms with E-state index in [1.54, 1.807) is 36.2 Å². The third-order valence-corrected chi connectivity index (χ3v) is 4.06. The molecular formula is C15H20N4O2. The first-order valence-corrected chi connectivity index (χ1v) is 7.43. The zero-order valence-electron chi connectivity index (χ0n) is 12.1. The van der Waals surface area contributed by atoms with Crippen molar-refractivity contribution < 1.29 is 9.90 Å². The number of piperidine rings is 1. The van der Waals surface area contributed by atoms with E-state index in [0.717, 1.165) is 31.3 Å². The molecule has 2 atom stereocenters. The van der Waals surface area contributed by atoms with Crippen molar-refractivity contribution in [1.29, 1.82) is 0 Å². The number of likely N-dealkylation sites (tertiary alicyclic amines) is 1. The summed E-state index contributed by atoms with van der Waals surface area (Å²) in [7, 11) is 0. The molecule has 3 heterocycles. The normalized spacial score (nSPS) is 20.7. The molecule has 1 fully saturated rings. The van der Waals surface area contributed by atoms with Crippen LogP contribution in [0, 0.1) is 0 Å². The molecule has 6 heteroatoms. The van der Waals surface area contributed by atoms with Crippen LogP contribution in [0.25, 0.3) is 5.52 Å². The summed E-state index contributed by atoms with van der Waals surface area (Å²) in [6.45, 7) is 2.52. The Labute approximate surface area is 123 Å². The Bertz CT molecular complexity index is 637. The number of fused-ring (bicyclic) bond motifs is 1. The summed E-state index contributed by atoms with van der Waals surface area (Å²) in [6.07, 6.45) is 9.95. The molecule has 1 aliphatic rings. The fourth-order valence-corrected chi connectivity index (χ4v) is 3.06. The Morgan fingerprint density at radius 3 is 3.14 bits per heavy atom. The Hall–Kier alpha value is -1.95. The first-order valence-electron chi connectivity index (χ1n) is 7.43. The highest BCUT2D eigenvalue weighted by Gasteiger charge is 2.29. The van der Waals surface area contributed by atoms with Gasteiger partial charge in [0, 0.05) is 25.0 Å². The van der Waals surface area contributed by atoms with Gasteiger partial charge in [-0.25, -0.2) is 4.52 Å². The highest BCUT2D eigenvalue weighted by molar-refractivity contribution is 6.00. The number of aliphatic hydroxyl groups excluding tert-OH is 1. The van der Waals surface area contributed by atoms with Crippen LogP contribution >= 0.6 is 0 Å². The highest BCUT2D eigenvalue weighted by atomic mass is 16.3. The highest BCUT2D eigenvalue weighted by Crippen LogP contribution is 2.24. The van der Waals surface area contributed by atoms with Gasteiger partial charge in [-0.1, -0.05) is 0 Å². The molecule has 1 aliphatic heterocycles. The maximum absolute atomic E-state index is 12.8. The van der Waals surface area contributed by atoms with Gasteiger partial charge in [-0.2, -0.15) is 5.10 Å². The van der Waals surface area contributed by atoms with E-state index < -0.39 is 6.10 Å². The molecule has 21 heavy (non-hydrogen) atoms. The molecule has 0 aliphatic carbocycles. The van der Waals surface area contributed by atoms with Crippen molar-refractivity contribution >= 4 is 11.4 Å². The second-order valence-electron chi connectivity index (χ2n) is 5.70. The minimum Gasteiger partial charge on any atom is -0.393 e. The van der Waals surface area contributed by atoms with Gasteiger partial charge in [-0.3, -0.25) is 9.78 Å². The maximum atomic E-state index is 12.8. The second kappa shape index (κ2) is 5.81. The van der Waals surface area contributed by atoms with Gasteiger partial charge in [0.05, 0.1) is 29.6 Å². The lowest BCUT2D eigenvalue weighted by Gasteiger charge is -2.36. The summed E-state index contributed by atoms with van der Waals surface area (Å²) in [5, 5.41) is 13.8. The summed E-state index contributed by atoms with van der Waals surface area (Å²) >= 11 is 0. The predicted octanol–water partition coefficient (Wildman–Crippen LogP) is 1.49. The third-order valence-electron chi connectivity index (χ3n) is 4.06. The summed E-state index contributed by atoms with van der Waals surface area (Å²) in [5.74, 6) is -0.0108. The molecule has 0 spiro atoms. The van der Waals surface area contributed by atoms with Crippen LogP contribution in [0.5, 0.6) is 0 Å². The molecule has 0 radical (unpaired) electrons. The van der Waals surface area contributed by atoms with Crippen LogP contribution in [-0.2, 0) is 0 Å². The van der Waals surface area contributed by atoms with E-state index in [4.69, 9.17) is 0 Å². The SMILES string of the molecule is CC(O)CC1CCCCN1C(=O)c1cnn2ccncc12. The fraction of sp³-hybridized carbons (Fsp3) is 0.533. The maximum Gasteiger partial charge on any atom is 0.258 e. The Morgan fingerprint density at radius 1 is 1.48 bits per heavy atom. The number of carbonyl (C=O) groups excluding carboxylic acids is 1. The van der Waals surface area contributed by atoms with Crippen molar-refractivity contribution in [1.82, 2.24) is 19.5 Å². The molecule has 2 aromatic heterocycles. The summed E-state index contributed by atoms with van der Waals surface area (Å²) in [5.41, 5.74) is 1.31. The van der Waals surface area contributed by atoms with Gasteiger partial charge in [0.25, 0.3) is 5.91 Å². The van der Waals surface area contributed by atoms with Crippen LogP contribution in [-0.4, -0.2) is 49.2 Å². The topological polar surface area (TPSA) is 70.7 Å². The largest absolute Gasteiger partial charge is 0.393 e. The van der Waals surface area contributed by atoms with Crippen LogP contribution in [0.2, 0.25) is 0 Å². The quantitative estimate of drug-likeness (QED) is 0.929. The van der Waals surface area contributed by atoms with Gasteiger partial charge < -0.3 is 10.0 Å². The van der Waals surface area contributed by atoms with Gasteiger partial charge in [0.1, 0.15) is 0 Å². The van der Waals surface area contributed by atoms with Crippen molar-refractivity contribution in [3.8, 4) is 0 Å². The Balaban J connectivity index is 1.88. The van der Waals surface area contributed by atoms with Crippen molar-refractivity contribution in [2.75, 3.05) is 6.54 Å². The number of aliphatic hydroxyl groups is 1. The number of nitrogens with zero attached hydrogens (tertiary/aromatic N) is 4. The van der Waals surface area contributed by atoms with Crippen LogP contribution in [0.1, 0.15) is 43.0 Å². The number of carbonyl (C=O) groups is 1. The van der Waals surface area contributed by atoms with Crippen LogP contribution in [0.15, 0.2) is 24.8 Å². The minimum atomic E-state index is -0.394. The first-order chi connectivity index (χ1) is 10.2. The summed E-state index contributed by atoms with van der Waals surface area (Å²) < 4.78 is 1.66. The van der Waals surface area contributed by atoms with E-state index in [1.807, 2.05) is 4.90 Å². The van der Waals surface area contributed by atoms with Crippen molar-refractivity contribution in [3.63, 3.8) is 0 Å². The minimum absolute atomic E-state index is 0.0108. The average Bonchev–Trinajstić information content (AvgIpc) is 2.90. The first kappa shape index (κ1) is 14.0. The summed E-state index contributed by atoms with van der Waals surface area (Å²) in [4.78, 5) is 18.8. The lowest BCUT2D eigenvalue weighted by atomic mass is 9.96. The van der Waals surface area contributed by atoms with E-state index in [0.29, 0.717) is 12.0 Å².